The van der Waals surface area contributed by atoms with Crippen LogP contribution in [0.4, 0.5) is 5.82 Å². The molecule has 0 aliphatic rings. The van der Waals surface area contributed by atoms with Crippen LogP contribution in [-0.4, -0.2) is 41.8 Å². The number of esters is 1. The zero-order valence-corrected chi connectivity index (χ0v) is 12.1. The molecule has 1 atom stereocenters. The molecule has 20 heavy (non-hydrogen) atoms. The molecular formula is C13H20N4O3. The first-order chi connectivity index (χ1) is 9.49. The van der Waals surface area contributed by atoms with Crippen LogP contribution in [0.5, 0.6) is 0 Å². The first-order valence-electron chi connectivity index (χ1n) is 6.45. The topological polar surface area (TPSA) is 93.2 Å². The van der Waals surface area contributed by atoms with E-state index in [-0.39, 0.29) is 23.5 Å². The number of rotatable bonds is 6. The molecule has 0 aromatic carbocycles. The van der Waals surface area contributed by atoms with Crippen molar-refractivity contribution in [2.45, 2.75) is 26.8 Å². The lowest BCUT2D eigenvalue weighted by Crippen LogP contribution is -2.36. The van der Waals surface area contributed by atoms with E-state index >= 15 is 0 Å². The highest BCUT2D eigenvalue weighted by Crippen LogP contribution is 2.11. The van der Waals surface area contributed by atoms with Gasteiger partial charge in [-0.15, -0.1) is 10.2 Å². The van der Waals surface area contributed by atoms with Gasteiger partial charge < -0.3 is 15.4 Å². The van der Waals surface area contributed by atoms with Crippen molar-refractivity contribution < 1.29 is 14.3 Å². The van der Waals surface area contributed by atoms with Crippen molar-refractivity contribution in [3.8, 4) is 0 Å². The molecule has 1 aromatic heterocycles. The normalized spacial score (nSPS) is 11.8. The predicted octanol–water partition coefficient (Wildman–Crippen LogP) is 0.836. The van der Waals surface area contributed by atoms with Crippen LogP contribution in [0.25, 0.3) is 0 Å². The van der Waals surface area contributed by atoms with Crippen molar-refractivity contribution in [1.29, 1.82) is 0 Å². The van der Waals surface area contributed by atoms with E-state index in [4.69, 9.17) is 4.74 Å². The van der Waals surface area contributed by atoms with Gasteiger partial charge in [-0.2, -0.15) is 0 Å². The molecule has 0 aliphatic carbocycles. The van der Waals surface area contributed by atoms with Crippen molar-refractivity contribution in [1.82, 2.24) is 15.5 Å². The maximum absolute atomic E-state index is 11.6. The minimum atomic E-state index is -0.510. The summed E-state index contributed by atoms with van der Waals surface area (Å²) in [7, 11) is 1.34. The molecule has 0 aliphatic heterocycles. The number of nitrogens with one attached hydrogen (secondary N) is 2. The highest BCUT2D eigenvalue weighted by Gasteiger charge is 2.23. The second kappa shape index (κ2) is 7.42. The van der Waals surface area contributed by atoms with Crippen LogP contribution in [0.15, 0.2) is 12.1 Å². The second-order valence-electron chi connectivity index (χ2n) is 4.55. The van der Waals surface area contributed by atoms with Gasteiger partial charge >= 0.3 is 5.97 Å². The lowest BCUT2D eigenvalue weighted by Gasteiger charge is -2.19. The summed E-state index contributed by atoms with van der Waals surface area (Å²) in [5, 5.41) is 13.3. The van der Waals surface area contributed by atoms with Gasteiger partial charge in [-0.3, -0.25) is 4.79 Å². The number of carbonyl (C=O) groups is 2. The fourth-order valence-corrected chi connectivity index (χ4v) is 1.57. The highest BCUT2D eigenvalue weighted by molar-refractivity contribution is 5.92. The average molecular weight is 280 g/mol. The first kappa shape index (κ1) is 15.9. The number of hydrogen-bond donors (Lipinski definition) is 2. The lowest BCUT2D eigenvalue weighted by molar-refractivity contribution is -0.142. The average Bonchev–Trinajstić information content (AvgIpc) is 2.44. The van der Waals surface area contributed by atoms with Crippen LogP contribution in [0.3, 0.4) is 0 Å². The number of ether oxygens (including phenoxy) is 1. The smallest absolute Gasteiger partial charge is 0.328 e. The van der Waals surface area contributed by atoms with Crippen LogP contribution in [0.1, 0.15) is 31.3 Å². The van der Waals surface area contributed by atoms with Crippen molar-refractivity contribution in [2.75, 3.05) is 19.0 Å². The van der Waals surface area contributed by atoms with E-state index in [0.717, 1.165) is 0 Å². The summed E-state index contributed by atoms with van der Waals surface area (Å²) in [6.07, 6.45) is 0. The molecule has 1 unspecified atom stereocenters. The SMILES string of the molecule is CCNC(=O)c1ccc(NC(C(=O)OC)C(C)C)nn1. The molecule has 0 saturated heterocycles. The highest BCUT2D eigenvalue weighted by atomic mass is 16.5. The van der Waals surface area contributed by atoms with Gasteiger partial charge in [0, 0.05) is 6.54 Å². The standard InChI is InChI=1S/C13H20N4O3/c1-5-14-12(18)9-6-7-10(17-16-9)15-11(8(2)3)13(19)20-4/h6-8,11H,5H2,1-4H3,(H,14,18)(H,15,17). The molecule has 1 heterocycles. The summed E-state index contributed by atoms with van der Waals surface area (Å²) in [6.45, 7) is 6.14. The Morgan fingerprint density at radius 3 is 2.45 bits per heavy atom. The molecule has 1 amide bonds. The van der Waals surface area contributed by atoms with Gasteiger partial charge in [-0.1, -0.05) is 13.8 Å². The third-order valence-electron chi connectivity index (χ3n) is 2.66. The quantitative estimate of drug-likeness (QED) is 0.750. The Morgan fingerprint density at radius 2 is 2.00 bits per heavy atom. The van der Waals surface area contributed by atoms with E-state index in [1.54, 1.807) is 12.1 Å². The largest absolute Gasteiger partial charge is 0.467 e. The fourth-order valence-electron chi connectivity index (χ4n) is 1.57. The lowest BCUT2D eigenvalue weighted by atomic mass is 10.0. The summed E-state index contributed by atoms with van der Waals surface area (Å²) in [4.78, 5) is 23.2. The number of anilines is 1. The van der Waals surface area contributed by atoms with Gasteiger partial charge in [0.1, 0.15) is 11.9 Å². The van der Waals surface area contributed by atoms with Gasteiger partial charge in [0.05, 0.1) is 7.11 Å². The van der Waals surface area contributed by atoms with E-state index in [0.29, 0.717) is 12.4 Å². The number of carbonyl (C=O) groups excluding carboxylic acids is 2. The molecular weight excluding hydrogens is 260 g/mol. The minimum Gasteiger partial charge on any atom is -0.467 e. The van der Waals surface area contributed by atoms with Gasteiger partial charge in [0.15, 0.2) is 5.69 Å². The molecule has 7 heteroatoms. The Hall–Kier alpha value is -2.18. The molecule has 2 N–H and O–H groups in total. The van der Waals surface area contributed by atoms with Gasteiger partial charge in [-0.25, -0.2) is 4.79 Å². The van der Waals surface area contributed by atoms with Crippen molar-refractivity contribution in [2.24, 2.45) is 5.92 Å². The summed E-state index contributed by atoms with van der Waals surface area (Å²) in [5.74, 6) is -0.191. The van der Waals surface area contributed by atoms with Crippen molar-refractivity contribution in [3.05, 3.63) is 17.8 Å². The molecule has 1 rings (SSSR count). The molecule has 0 bridgehead atoms. The van der Waals surface area contributed by atoms with Gasteiger partial charge in [0.2, 0.25) is 0 Å². The van der Waals surface area contributed by atoms with E-state index < -0.39 is 6.04 Å². The van der Waals surface area contributed by atoms with E-state index in [1.807, 2.05) is 20.8 Å². The Labute approximate surface area is 118 Å². The zero-order valence-electron chi connectivity index (χ0n) is 12.1. The Balaban J connectivity index is 2.77. The summed E-state index contributed by atoms with van der Waals surface area (Å²) in [6, 6.07) is 2.65. The van der Waals surface area contributed by atoms with E-state index in [9.17, 15) is 9.59 Å². The summed E-state index contributed by atoms with van der Waals surface area (Å²) >= 11 is 0. The predicted molar refractivity (Wildman–Crippen MR) is 74.3 cm³/mol. The second-order valence-corrected chi connectivity index (χ2v) is 4.55. The molecule has 0 saturated carbocycles. The Bertz CT molecular complexity index is 459. The van der Waals surface area contributed by atoms with Crippen LogP contribution in [0, 0.1) is 5.92 Å². The number of hydrogen-bond acceptors (Lipinski definition) is 6. The number of aromatic nitrogens is 2. The molecule has 110 valence electrons. The molecule has 7 nitrogen and oxygen atoms in total. The zero-order chi connectivity index (χ0) is 15.1. The number of nitrogens with zero attached hydrogens (tertiary/aromatic N) is 2. The maximum atomic E-state index is 11.6. The van der Waals surface area contributed by atoms with Crippen LogP contribution >= 0.6 is 0 Å². The van der Waals surface area contributed by atoms with Crippen LogP contribution < -0.4 is 10.6 Å². The summed E-state index contributed by atoms with van der Waals surface area (Å²) < 4.78 is 4.73. The van der Waals surface area contributed by atoms with Gasteiger partial charge in [-0.05, 0) is 25.0 Å². The number of methoxy groups -OCH3 is 1. The molecule has 0 spiro atoms. The van der Waals surface area contributed by atoms with Crippen molar-refractivity contribution in [3.63, 3.8) is 0 Å². The monoisotopic (exact) mass is 280 g/mol. The third kappa shape index (κ3) is 4.18. The van der Waals surface area contributed by atoms with Crippen LogP contribution in [0.2, 0.25) is 0 Å². The minimum absolute atomic E-state index is 0.0346. The first-order valence-corrected chi connectivity index (χ1v) is 6.45. The molecule has 1 aromatic rings. The third-order valence-corrected chi connectivity index (χ3v) is 2.66. The van der Waals surface area contributed by atoms with Crippen molar-refractivity contribution >= 4 is 17.7 Å². The van der Waals surface area contributed by atoms with Gasteiger partial charge in [0.25, 0.3) is 5.91 Å². The Kier molecular flexibility index (Phi) is 5.89. The molecule has 0 radical (unpaired) electrons. The molecule has 0 fully saturated rings. The van der Waals surface area contributed by atoms with E-state index in [2.05, 4.69) is 20.8 Å². The summed E-state index contributed by atoms with van der Waals surface area (Å²) in [5.41, 5.74) is 0.233. The van der Waals surface area contributed by atoms with E-state index in [1.165, 1.54) is 7.11 Å². The fraction of sp³-hybridized carbons (Fsp3) is 0.538. The maximum Gasteiger partial charge on any atom is 0.328 e. The number of amides is 1. The Morgan fingerprint density at radius 1 is 1.30 bits per heavy atom. The van der Waals surface area contributed by atoms with Crippen LogP contribution in [-0.2, 0) is 9.53 Å².